The van der Waals surface area contributed by atoms with Gasteiger partial charge in [0.2, 0.25) is 5.91 Å². The van der Waals surface area contributed by atoms with Crippen LogP contribution < -0.4 is 11.1 Å². The highest BCUT2D eigenvalue weighted by molar-refractivity contribution is 6.31. The fraction of sp³-hybridized carbons (Fsp3) is 0.562. The fourth-order valence-electron chi connectivity index (χ4n) is 3.11. The van der Waals surface area contributed by atoms with Gasteiger partial charge in [0.05, 0.1) is 6.04 Å². The van der Waals surface area contributed by atoms with Crippen LogP contribution in [0.3, 0.4) is 0 Å². The number of carbonyl (C=O) groups is 1. The minimum Gasteiger partial charge on any atom is -0.381 e. The molecule has 120 valence electrons. The molecule has 3 rings (SSSR count). The molecular formula is C16H20ClFN2O2. The highest BCUT2D eigenvalue weighted by atomic mass is 35.5. The molecule has 0 aromatic heterocycles. The molecule has 1 aliphatic carbocycles. The second kappa shape index (κ2) is 6.52. The number of halogens is 2. The number of amides is 1. The summed E-state index contributed by atoms with van der Waals surface area (Å²) in [6, 6.07) is 4.05. The Morgan fingerprint density at radius 2 is 2.14 bits per heavy atom. The lowest BCUT2D eigenvalue weighted by Crippen LogP contribution is -2.47. The van der Waals surface area contributed by atoms with E-state index in [4.69, 9.17) is 22.1 Å². The first-order chi connectivity index (χ1) is 10.6. The summed E-state index contributed by atoms with van der Waals surface area (Å²) >= 11 is 6.06. The third-order valence-electron chi connectivity index (χ3n) is 4.57. The minimum atomic E-state index is -0.527. The SMILES string of the molecule is NC(C(=O)NC1CC1c1c(F)cccc1Cl)C1CCOCC1. The molecule has 3 N–H and O–H groups in total. The van der Waals surface area contributed by atoms with Crippen molar-refractivity contribution in [3.8, 4) is 0 Å². The van der Waals surface area contributed by atoms with Gasteiger partial charge in [-0.2, -0.15) is 0 Å². The molecular weight excluding hydrogens is 307 g/mol. The van der Waals surface area contributed by atoms with Crippen LogP contribution in [0.25, 0.3) is 0 Å². The molecule has 3 unspecified atom stereocenters. The van der Waals surface area contributed by atoms with Gasteiger partial charge in [-0.25, -0.2) is 4.39 Å². The summed E-state index contributed by atoms with van der Waals surface area (Å²) in [4.78, 5) is 12.2. The van der Waals surface area contributed by atoms with Gasteiger partial charge in [-0.3, -0.25) is 4.79 Å². The van der Waals surface area contributed by atoms with Gasteiger partial charge in [0.25, 0.3) is 0 Å². The Kier molecular flexibility index (Phi) is 4.66. The average Bonchev–Trinajstić information content (AvgIpc) is 3.26. The Morgan fingerprint density at radius 3 is 2.82 bits per heavy atom. The molecule has 1 aromatic rings. The van der Waals surface area contributed by atoms with Crippen LogP contribution in [0.1, 0.15) is 30.7 Å². The maximum Gasteiger partial charge on any atom is 0.237 e. The van der Waals surface area contributed by atoms with E-state index >= 15 is 0 Å². The van der Waals surface area contributed by atoms with E-state index in [0.717, 1.165) is 12.8 Å². The molecule has 2 fully saturated rings. The first kappa shape index (κ1) is 15.7. The van der Waals surface area contributed by atoms with E-state index in [-0.39, 0.29) is 29.6 Å². The number of hydrogen-bond acceptors (Lipinski definition) is 3. The van der Waals surface area contributed by atoms with E-state index in [1.807, 2.05) is 0 Å². The lowest BCUT2D eigenvalue weighted by molar-refractivity contribution is -0.124. The molecule has 1 aliphatic heterocycles. The lowest BCUT2D eigenvalue weighted by Gasteiger charge is -2.26. The van der Waals surface area contributed by atoms with E-state index in [0.29, 0.717) is 30.2 Å². The zero-order valence-electron chi connectivity index (χ0n) is 12.2. The second-order valence-corrected chi connectivity index (χ2v) is 6.48. The Morgan fingerprint density at radius 1 is 1.41 bits per heavy atom. The zero-order chi connectivity index (χ0) is 15.7. The number of nitrogens with one attached hydrogen (secondary N) is 1. The van der Waals surface area contributed by atoms with Crippen molar-refractivity contribution in [1.29, 1.82) is 0 Å². The van der Waals surface area contributed by atoms with Crippen molar-refractivity contribution in [3.63, 3.8) is 0 Å². The summed E-state index contributed by atoms with van der Waals surface area (Å²) in [5.41, 5.74) is 6.54. The topological polar surface area (TPSA) is 64.4 Å². The quantitative estimate of drug-likeness (QED) is 0.891. The molecule has 0 spiro atoms. The van der Waals surface area contributed by atoms with Gasteiger partial charge in [0, 0.05) is 35.8 Å². The number of benzene rings is 1. The summed E-state index contributed by atoms with van der Waals surface area (Å²) in [6.45, 7) is 1.31. The van der Waals surface area contributed by atoms with Gasteiger partial charge in [0.15, 0.2) is 0 Å². The second-order valence-electron chi connectivity index (χ2n) is 6.07. The highest BCUT2D eigenvalue weighted by Gasteiger charge is 2.43. The summed E-state index contributed by atoms with van der Waals surface area (Å²) < 4.78 is 19.1. The van der Waals surface area contributed by atoms with Crippen LogP contribution in [-0.2, 0) is 9.53 Å². The van der Waals surface area contributed by atoms with Crippen molar-refractivity contribution >= 4 is 17.5 Å². The number of hydrogen-bond donors (Lipinski definition) is 2. The fourth-order valence-corrected chi connectivity index (χ4v) is 3.41. The largest absolute Gasteiger partial charge is 0.381 e. The highest BCUT2D eigenvalue weighted by Crippen LogP contribution is 2.45. The van der Waals surface area contributed by atoms with Crippen molar-refractivity contribution < 1.29 is 13.9 Å². The third-order valence-corrected chi connectivity index (χ3v) is 4.89. The molecule has 22 heavy (non-hydrogen) atoms. The molecule has 0 radical (unpaired) electrons. The maximum atomic E-state index is 13.9. The molecule has 4 nitrogen and oxygen atoms in total. The van der Waals surface area contributed by atoms with Crippen molar-refractivity contribution in [3.05, 3.63) is 34.6 Å². The van der Waals surface area contributed by atoms with Crippen molar-refractivity contribution in [2.24, 2.45) is 11.7 Å². The number of nitrogens with two attached hydrogens (primary N) is 1. The van der Waals surface area contributed by atoms with Gasteiger partial charge in [-0.05, 0) is 37.3 Å². The van der Waals surface area contributed by atoms with Crippen LogP contribution in [0.5, 0.6) is 0 Å². The zero-order valence-corrected chi connectivity index (χ0v) is 13.0. The van der Waals surface area contributed by atoms with Crippen LogP contribution in [0, 0.1) is 11.7 Å². The van der Waals surface area contributed by atoms with Crippen LogP contribution >= 0.6 is 11.6 Å². The van der Waals surface area contributed by atoms with Gasteiger partial charge in [-0.15, -0.1) is 0 Å². The number of ether oxygens (including phenoxy) is 1. The third kappa shape index (κ3) is 3.26. The Bertz CT molecular complexity index is 543. The van der Waals surface area contributed by atoms with Crippen LogP contribution in [0.2, 0.25) is 5.02 Å². The first-order valence-corrected chi connectivity index (χ1v) is 8.03. The van der Waals surface area contributed by atoms with Crippen LogP contribution in [-0.4, -0.2) is 31.2 Å². The smallest absolute Gasteiger partial charge is 0.237 e. The molecule has 0 bridgehead atoms. The first-order valence-electron chi connectivity index (χ1n) is 7.65. The summed E-state index contributed by atoms with van der Waals surface area (Å²) in [7, 11) is 0. The average molecular weight is 327 g/mol. The number of carbonyl (C=O) groups excluding carboxylic acids is 1. The predicted molar refractivity (Wildman–Crippen MR) is 82.2 cm³/mol. The monoisotopic (exact) mass is 326 g/mol. The van der Waals surface area contributed by atoms with E-state index in [9.17, 15) is 9.18 Å². The predicted octanol–water partition coefficient (Wildman–Crippen LogP) is 2.21. The van der Waals surface area contributed by atoms with Crippen LogP contribution in [0.15, 0.2) is 18.2 Å². The molecule has 3 atom stereocenters. The minimum absolute atomic E-state index is 0.0560. The molecule has 1 saturated heterocycles. The molecule has 1 saturated carbocycles. The summed E-state index contributed by atoms with van der Waals surface area (Å²) in [6.07, 6.45) is 2.32. The molecule has 1 aromatic carbocycles. The molecule has 6 heteroatoms. The van der Waals surface area contributed by atoms with Crippen molar-refractivity contribution in [2.45, 2.75) is 37.3 Å². The molecule has 1 amide bonds. The van der Waals surface area contributed by atoms with Gasteiger partial charge < -0.3 is 15.8 Å². The molecule has 1 heterocycles. The van der Waals surface area contributed by atoms with Gasteiger partial charge >= 0.3 is 0 Å². The van der Waals surface area contributed by atoms with E-state index in [2.05, 4.69) is 5.32 Å². The number of rotatable bonds is 4. The Balaban J connectivity index is 1.58. The maximum absolute atomic E-state index is 13.9. The standard InChI is InChI=1S/C16H20ClFN2O2/c17-11-2-1-3-12(18)14(11)10-8-13(10)20-16(21)15(19)9-4-6-22-7-5-9/h1-3,9-10,13,15H,4-8,19H2,(H,20,21). The Hall–Kier alpha value is -1.17. The van der Waals surface area contributed by atoms with Gasteiger partial charge in [0.1, 0.15) is 5.82 Å². The van der Waals surface area contributed by atoms with E-state index in [1.54, 1.807) is 12.1 Å². The van der Waals surface area contributed by atoms with Crippen molar-refractivity contribution in [1.82, 2.24) is 5.32 Å². The van der Waals surface area contributed by atoms with E-state index in [1.165, 1.54) is 6.07 Å². The normalized spacial score (nSPS) is 26.5. The summed E-state index contributed by atoms with van der Waals surface area (Å²) in [5.74, 6) is -0.377. The Labute approximate surface area is 134 Å². The van der Waals surface area contributed by atoms with Crippen molar-refractivity contribution in [2.75, 3.05) is 13.2 Å². The van der Waals surface area contributed by atoms with E-state index < -0.39 is 6.04 Å². The van der Waals surface area contributed by atoms with Gasteiger partial charge in [-0.1, -0.05) is 17.7 Å². The lowest BCUT2D eigenvalue weighted by atomic mass is 9.92. The molecule has 2 aliphatic rings. The van der Waals surface area contributed by atoms with Crippen LogP contribution in [0.4, 0.5) is 4.39 Å². The summed E-state index contributed by atoms with van der Waals surface area (Å²) in [5, 5.41) is 3.34.